The van der Waals surface area contributed by atoms with Crippen molar-refractivity contribution in [2.45, 2.75) is 18.9 Å². The Morgan fingerprint density at radius 2 is 2.00 bits per heavy atom. The number of fused-ring (bicyclic) bond motifs is 1. The molecular formula is C16H15NO5. The monoisotopic (exact) mass is 301 g/mol. The molecule has 6 heteroatoms. The molecule has 1 aromatic carbocycles. The van der Waals surface area contributed by atoms with Crippen molar-refractivity contribution < 1.29 is 24.2 Å². The molecule has 2 aliphatic carbocycles. The SMILES string of the molecule is O=C(O)c1ccccc1NC(=O)[C@@H]1[C@@H]2C[C@@H]3[C@H]1C(=O)O[C@H]3C2. The molecule has 4 rings (SSSR count). The Kier molecular flexibility index (Phi) is 2.76. The first kappa shape index (κ1) is 13.3. The maximum Gasteiger partial charge on any atom is 0.337 e. The van der Waals surface area contributed by atoms with Gasteiger partial charge in [0.05, 0.1) is 23.1 Å². The van der Waals surface area contributed by atoms with Crippen LogP contribution in [0.1, 0.15) is 23.2 Å². The first-order valence-electron chi connectivity index (χ1n) is 7.40. The standard InChI is InChI=1S/C16H15NO5/c18-14(17-10-4-2-1-3-8(10)15(19)20)12-7-5-9-11(6-7)22-16(21)13(9)12/h1-4,7,9,11-13H,5-6H2,(H,17,18)(H,19,20)/t7-,9+,11+,12-,13-/m1/s1. The summed E-state index contributed by atoms with van der Waals surface area (Å²) >= 11 is 0. The van der Waals surface area contributed by atoms with Crippen LogP contribution in [0.4, 0.5) is 5.69 Å². The molecular weight excluding hydrogens is 286 g/mol. The largest absolute Gasteiger partial charge is 0.478 e. The highest BCUT2D eigenvalue weighted by Gasteiger charge is 2.63. The average Bonchev–Trinajstić information content (AvgIpc) is 3.08. The minimum absolute atomic E-state index is 0.0159. The molecule has 0 aromatic heterocycles. The third-order valence-electron chi connectivity index (χ3n) is 5.20. The normalized spacial score (nSPS) is 34.5. The van der Waals surface area contributed by atoms with Crippen LogP contribution in [-0.2, 0) is 14.3 Å². The molecule has 2 N–H and O–H groups in total. The van der Waals surface area contributed by atoms with Crippen molar-refractivity contribution in [2.24, 2.45) is 23.7 Å². The Labute approximate surface area is 126 Å². The molecule has 0 radical (unpaired) electrons. The molecule has 3 aliphatic rings. The van der Waals surface area contributed by atoms with Crippen molar-refractivity contribution in [3.8, 4) is 0 Å². The van der Waals surface area contributed by atoms with Gasteiger partial charge in [0.25, 0.3) is 0 Å². The summed E-state index contributed by atoms with van der Waals surface area (Å²) in [5.74, 6) is -2.10. The highest BCUT2D eigenvalue weighted by molar-refractivity contribution is 6.02. The number of hydrogen-bond donors (Lipinski definition) is 2. The van der Waals surface area contributed by atoms with Gasteiger partial charge in [0.15, 0.2) is 0 Å². The number of carboxylic acids is 1. The summed E-state index contributed by atoms with van der Waals surface area (Å²) < 4.78 is 5.32. The van der Waals surface area contributed by atoms with Crippen LogP contribution in [0.3, 0.4) is 0 Å². The quantitative estimate of drug-likeness (QED) is 0.826. The van der Waals surface area contributed by atoms with Crippen LogP contribution in [0.25, 0.3) is 0 Å². The van der Waals surface area contributed by atoms with Crippen LogP contribution in [0, 0.1) is 23.7 Å². The summed E-state index contributed by atoms with van der Waals surface area (Å²) in [5, 5.41) is 11.9. The van der Waals surface area contributed by atoms with Gasteiger partial charge in [-0.2, -0.15) is 0 Å². The van der Waals surface area contributed by atoms with Gasteiger partial charge in [0.2, 0.25) is 5.91 Å². The van der Waals surface area contributed by atoms with Gasteiger partial charge in [-0.3, -0.25) is 9.59 Å². The Balaban J connectivity index is 1.59. The van der Waals surface area contributed by atoms with E-state index in [1.54, 1.807) is 18.2 Å². The van der Waals surface area contributed by atoms with Gasteiger partial charge in [0.1, 0.15) is 6.10 Å². The number of ether oxygens (including phenoxy) is 1. The second kappa shape index (κ2) is 4.56. The summed E-state index contributed by atoms with van der Waals surface area (Å²) in [5.41, 5.74) is 0.316. The predicted molar refractivity (Wildman–Crippen MR) is 75.1 cm³/mol. The van der Waals surface area contributed by atoms with Crippen LogP contribution in [0.5, 0.6) is 0 Å². The molecule has 1 amide bonds. The minimum atomic E-state index is -1.09. The van der Waals surface area contributed by atoms with E-state index in [9.17, 15) is 19.5 Å². The maximum atomic E-state index is 12.6. The molecule has 6 nitrogen and oxygen atoms in total. The smallest absolute Gasteiger partial charge is 0.337 e. The molecule has 2 saturated carbocycles. The van der Waals surface area contributed by atoms with E-state index in [2.05, 4.69) is 5.32 Å². The second-order valence-electron chi connectivity index (χ2n) is 6.26. The lowest BCUT2D eigenvalue weighted by molar-refractivity contribution is -0.145. The van der Waals surface area contributed by atoms with Crippen molar-refractivity contribution in [1.82, 2.24) is 0 Å². The van der Waals surface area contributed by atoms with E-state index in [0.29, 0.717) is 0 Å². The number of para-hydroxylation sites is 1. The number of hydrogen-bond acceptors (Lipinski definition) is 4. The van der Waals surface area contributed by atoms with Gasteiger partial charge < -0.3 is 15.2 Å². The highest BCUT2D eigenvalue weighted by atomic mass is 16.6. The fourth-order valence-electron chi connectivity index (χ4n) is 4.36. The third-order valence-corrected chi connectivity index (χ3v) is 5.20. The van der Waals surface area contributed by atoms with Gasteiger partial charge in [0, 0.05) is 5.92 Å². The number of amides is 1. The van der Waals surface area contributed by atoms with Crippen molar-refractivity contribution >= 4 is 23.5 Å². The van der Waals surface area contributed by atoms with E-state index in [-0.39, 0.29) is 47.0 Å². The molecule has 1 aliphatic heterocycles. The van der Waals surface area contributed by atoms with Gasteiger partial charge in [-0.25, -0.2) is 4.79 Å². The molecule has 1 aromatic rings. The van der Waals surface area contributed by atoms with Crippen LogP contribution in [-0.4, -0.2) is 29.1 Å². The number of esters is 1. The highest BCUT2D eigenvalue weighted by Crippen LogP contribution is 2.57. The second-order valence-corrected chi connectivity index (χ2v) is 6.26. The number of carboxylic acid groups (broad SMARTS) is 1. The number of rotatable bonds is 3. The minimum Gasteiger partial charge on any atom is -0.478 e. The van der Waals surface area contributed by atoms with E-state index in [4.69, 9.17) is 4.74 Å². The fraction of sp³-hybridized carbons (Fsp3) is 0.438. The van der Waals surface area contributed by atoms with E-state index in [0.717, 1.165) is 12.8 Å². The maximum absolute atomic E-state index is 12.6. The average molecular weight is 301 g/mol. The molecule has 22 heavy (non-hydrogen) atoms. The lowest BCUT2D eigenvalue weighted by Crippen LogP contribution is -2.36. The zero-order valence-electron chi connectivity index (χ0n) is 11.7. The van der Waals surface area contributed by atoms with Crippen LogP contribution in [0.2, 0.25) is 0 Å². The number of carbonyl (C=O) groups excluding carboxylic acids is 2. The summed E-state index contributed by atoms with van der Waals surface area (Å²) in [4.78, 5) is 35.7. The summed E-state index contributed by atoms with van der Waals surface area (Å²) in [6, 6.07) is 6.28. The van der Waals surface area contributed by atoms with E-state index < -0.39 is 11.9 Å². The molecule has 2 bridgehead atoms. The molecule has 114 valence electrons. The Bertz CT molecular complexity index is 683. The van der Waals surface area contributed by atoms with Gasteiger partial charge in [-0.1, -0.05) is 12.1 Å². The van der Waals surface area contributed by atoms with Gasteiger partial charge in [-0.05, 0) is 30.9 Å². The number of benzene rings is 1. The third kappa shape index (κ3) is 1.76. The number of aromatic carboxylic acids is 1. The van der Waals surface area contributed by atoms with E-state index in [1.807, 2.05) is 0 Å². The van der Waals surface area contributed by atoms with Crippen LogP contribution < -0.4 is 5.32 Å². The summed E-state index contributed by atoms with van der Waals surface area (Å²) in [6.45, 7) is 0. The molecule has 0 spiro atoms. The lowest BCUT2D eigenvalue weighted by Gasteiger charge is -2.23. The zero-order valence-corrected chi connectivity index (χ0v) is 11.7. The lowest BCUT2D eigenvalue weighted by atomic mass is 9.79. The Hall–Kier alpha value is -2.37. The molecule has 3 fully saturated rings. The van der Waals surface area contributed by atoms with Crippen molar-refractivity contribution in [2.75, 3.05) is 5.32 Å². The van der Waals surface area contributed by atoms with Crippen molar-refractivity contribution in [1.29, 1.82) is 0 Å². The first-order valence-corrected chi connectivity index (χ1v) is 7.40. The molecule has 1 saturated heterocycles. The molecule has 5 atom stereocenters. The topological polar surface area (TPSA) is 92.7 Å². The van der Waals surface area contributed by atoms with E-state index in [1.165, 1.54) is 6.07 Å². The van der Waals surface area contributed by atoms with Gasteiger partial charge in [-0.15, -0.1) is 0 Å². The molecule has 0 unspecified atom stereocenters. The van der Waals surface area contributed by atoms with Gasteiger partial charge >= 0.3 is 11.9 Å². The zero-order chi connectivity index (χ0) is 15.4. The van der Waals surface area contributed by atoms with Crippen molar-refractivity contribution in [3.05, 3.63) is 29.8 Å². The number of carbonyl (C=O) groups is 3. The van der Waals surface area contributed by atoms with Crippen LogP contribution in [0.15, 0.2) is 24.3 Å². The Morgan fingerprint density at radius 3 is 2.77 bits per heavy atom. The summed E-state index contributed by atoms with van der Waals surface area (Å²) in [7, 11) is 0. The first-order chi connectivity index (χ1) is 10.6. The van der Waals surface area contributed by atoms with E-state index >= 15 is 0 Å². The summed E-state index contributed by atoms with van der Waals surface area (Å²) in [6.07, 6.45) is 1.57. The number of anilines is 1. The predicted octanol–water partition coefficient (Wildman–Crippen LogP) is 1.52. The Morgan fingerprint density at radius 1 is 1.23 bits per heavy atom. The molecule has 1 heterocycles. The van der Waals surface area contributed by atoms with Crippen LogP contribution >= 0.6 is 0 Å². The van der Waals surface area contributed by atoms with Crippen molar-refractivity contribution in [3.63, 3.8) is 0 Å². The fourth-order valence-corrected chi connectivity index (χ4v) is 4.36. The number of nitrogens with one attached hydrogen (secondary N) is 1.